The minimum absolute atomic E-state index is 0.0125. The first kappa shape index (κ1) is 15.4. The number of nitrogens with zero attached hydrogens (tertiary/aromatic N) is 1. The van der Waals surface area contributed by atoms with Gasteiger partial charge in [0.2, 0.25) is 0 Å². The highest BCUT2D eigenvalue weighted by atomic mass is 16.6. The van der Waals surface area contributed by atoms with Crippen molar-refractivity contribution in [1.82, 2.24) is 5.32 Å². The SMILES string of the molecule is CC(CNC(C)(C)C)COc1ccccc1[N+](=O)[O-]. The molecule has 1 aromatic carbocycles. The van der Waals surface area contributed by atoms with E-state index in [1.54, 1.807) is 18.2 Å². The topological polar surface area (TPSA) is 64.4 Å². The molecule has 0 radical (unpaired) electrons. The number of rotatable bonds is 6. The van der Waals surface area contributed by atoms with Crippen LogP contribution in [0.1, 0.15) is 27.7 Å². The van der Waals surface area contributed by atoms with Gasteiger partial charge in [-0.2, -0.15) is 0 Å². The highest BCUT2D eigenvalue weighted by Gasteiger charge is 2.15. The van der Waals surface area contributed by atoms with Crippen molar-refractivity contribution >= 4 is 5.69 Å². The van der Waals surface area contributed by atoms with Gasteiger partial charge in [0.05, 0.1) is 11.5 Å². The third-order valence-electron chi connectivity index (χ3n) is 2.57. The lowest BCUT2D eigenvalue weighted by molar-refractivity contribution is -0.385. The number of hydrogen-bond donors (Lipinski definition) is 1. The third-order valence-corrected chi connectivity index (χ3v) is 2.57. The zero-order valence-corrected chi connectivity index (χ0v) is 12.0. The fourth-order valence-corrected chi connectivity index (χ4v) is 1.50. The molecule has 106 valence electrons. The Kier molecular flexibility index (Phi) is 5.30. The van der Waals surface area contributed by atoms with E-state index in [1.807, 2.05) is 6.92 Å². The van der Waals surface area contributed by atoms with Crippen LogP contribution < -0.4 is 10.1 Å². The molecule has 0 aliphatic rings. The maximum Gasteiger partial charge on any atom is 0.310 e. The predicted molar refractivity (Wildman–Crippen MR) is 75.5 cm³/mol. The standard InChI is InChI=1S/C14H22N2O3/c1-11(9-15-14(2,3)4)10-19-13-8-6-5-7-12(13)16(17)18/h5-8,11,15H,9-10H2,1-4H3. The second-order valence-electron chi connectivity index (χ2n) is 5.77. The van der Waals surface area contributed by atoms with Crippen LogP contribution in [-0.4, -0.2) is 23.6 Å². The van der Waals surface area contributed by atoms with E-state index < -0.39 is 4.92 Å². The molecule has 19 heavy (non-hydrogen) atoms. The summed E-state index contributed by atoms with van der Waals surface area (Å²) in [6, 6.07) is 6.45. The number of nitrogens with one attached hydrogen (secondary N) is 1. The van der Waals surface area contributed by atoms with Crippen molar-refractivity contribution in [3.63, 3.8) is 0 Å². The number of para-hydroxylation sites is 2. The van der Waals surface area contributed by atoms with Crippen LogP contribution in [0.2, 0.25) is 0 Å². The first-order valence-corrected chi connectivity index (χ1v) is 6.41. The second-order valence-corrected chi connectivity index (χ2v) is 5.77. The first-order chi connectivity index (χ1) is 8.79. The van der Waals surface area contributed by atoms with E-state index in [-0.39, 0.29) is 17.1 Å². The third kappa shape index (κ3) is 5.70. The molecule has 0 aliphatic carbocycles. The molecule has 5 heteroatoms. The van der Waals surface area contributed by atoms with Gasteiger partial charge in [-0.3, -0.25) is 10.1 Å². The van der Waals surface area contributed by atoms with Gasteiger partial charge in [0.25, 0.3) is 0 Å². The van der Waals surface area contributed by atoms with E-state index in [2.05, 4.69) is 26.1 Å². The molecule has 0 bridgehead atoms. The average molecular weight is 266 g/mol. The van der Waals surface area contributed by atoms with Crippen molar-refractivity contribution in [3.8, 4) is 5.75 Å². The summed E-state index contributed by atoms with van der Waals surface area (Å²) in [5.74, 6) is 0.606. The molecule has 0 amide bonds. The fraction of sp³-hybridized carbons (Fsp3) is 0.571. The molecule has 1 N–H and O–H groups in total. The Labute approximate surface area is 114 Å². The molecule has 0 saturated carbocycles. The molecular weight excluding hydrogens is 244 g/mol. The van der Waals surface area contributed by atoms with Crippen molar-refractivity contribution in [1.29, 1.82) is 0 Å². The number of nitro benzene ring substituents is 1. The Morgan fingerprint density at radius 3 is 2.58 bits per heavy atom. The molecular formula is C14H22N2O3. The second kappa shape index (κ2) is 6.52. The normalized spacial score (nSPS) is 13.1. The lowest BCUT2D eigenvalue weighted by Gasteiger charge is -2.23. The van der Waals surface area contributed by atoms with Gasteiger partial charge < -0.3 is 10.1 Å². The zero-order valence-electron chi connectivity index (χ0n) is 12.0. The monoisotopic (exact) mass is 266 g/mol. The van der Waals surface area contributed by atoms with E-state index in [0.29, 0.717) is 12.4 Å². The predicted octanol–water partition coefficient (Wildman–Crippen LogP) is 3.00. The highest BCUT2D eigenvalue weighted by Crippen LogP contribution is 2.26. The quantitative estimate of drug-likeness (QED) is 0.635. The van der Waals surface area contributed by atoms with Crippen molar-refractivity contribution in [2.24, 2.45) is 5.92 Å². The molecule has 0 aliphatic heterocycles. The Morgan fingerprint density at radius 2 is 2.00 bits per heavy atom. The minimum Gasteiger partial charge on any atom is -0.486 e. The van der Waals surface area contributed by atoms with Gasteiger partial charge in [-0.05, 0) is 26.8 Å². The van der Waals surface area contributed by atoms with E-state index in [1.165, 1.54) is 6.07 Å². The first-order valence-electron chi connectivity index (χ1n) is 6.41. The molecule has 1 atom stereocenters. The van der Waals surface area contributed by atoms with Crippen LogP contribution in [0.25, 0.3) is 0 Å². The Hall–Kier alpha value is -1.62. The summed E-state index contributed by atoms with van der Waals surface area (Å²) in [6.45, 7) is 9.61. The summed E-state index contributed by atoms with van der Waals surface area (Å²) in [5, 5.41) is 14.2. The number of nitro groups is 1. The van der Waals surface area contributed by atoms with E-state index in [0.717, 1.165) is 6.54 Å². The largest absolute Gasteiger partial charge is 0.486 e. The Morgan fingerprint density at radius 1 is 1.37 bits per heavy atom. The van der Waals surface area contributed by atoms with Gasteiger partial charge in [0.1, 0.15) is 0 Å². The average Bonchev–Trinajstić information content (AvgIpc) is 2.33. The summed E-state index contributed by atoms with van der Waals surface area (Å²) < 4.78 is 5.54. The van der Waals surface area contributed by atoms with Gasteiger partial charge in [0, 0.05) is 24.1 Å². The van der Waals surface area contributed by atoms with Crippen LogP contribution in [0.3, 0.4) is 0 Å². The van der Waals surface area contributed by atoms with Gasteiger partial charge in [-0.1, -0.05) is 19.1 Å². The Balaban J connectivity index is 2.51. The summed E-state index contributed by atoms with van der Waals surface area (Å²) in [6.07, 6.45) is 0. The molecule has 1 unspecified atom stereocenters. The van der Waals surface area contributed by atoms with Crippen LogP contribution in [0, 0.1) is 16.0 Å². The van der Waals surface area contributed by atoms with Crippen LogP contribution in [0.5, 0.6) is 5.75 Å². The van der Waals surface area contributed by atoms with E-state index >= 15 is 0 Å². The molecule has 0 aromatic heterocycles. The maximum atomic E-state index is 10.8. The van der Waals surface area contributed by atoms with Crippen LogP contribution in [-0.2, 0) is 0 Å². The molecule has 1 aromatic rings. The summed E-state index contributed by atoms with van der Waals surface area (Å²) in [7, 11) is 0. The van der Waals surface area contributed by atoms with Gasteiger partial charge in [0.15, 0.2) is 5.75 Å². The molecule has 0 heterocycles. The summed E-state index contributed by atoms with van der Waals surface area (Å²) >= 11 is 0. The van der Waals surface area contributed by atoms with Crippen molar-refractivity contribution in [2.45, 2.75) is 33.2 Å². The van der Waals surface area contributed by atoms with E-state index in [9.17, 15) is 10.1 Å². The number of hydrogen-bond acceptors (Lipinski definition) is 4. The summed E-state index contributed by atoms with van der Waals surface area (Å²) in [5.41, 5.74) is 0.0750. The van der Waals surface area contributed by atoms with Gasteiger partial charge in [-0.15, -0.1) is 0 Å². The summed E-state index contributed by atoms with van der Waals surface area (Å²) in [4.78, 5) is 10.4. The lowest BCUT2D eigenvalue weighted by atomic mass is 10.1. The molecule has 0 saturated heterocycles. The molecule has 0 spiro atoms. The fourth-order valence-electron chi connectivity index (χ4n) is 1.50. The van der Waals surface area contributed by atoms with Crippen LogP contribution in [0.15, 0.2) is 24.3 Å². The van der Waals surface area contributed by atoms with Crippen molar-refractivity contribution < 1.29 is 9.66 Å². The molecule has 0 fully saturated rings. The molecule has 1 rings (SSSR count). The zero-order chi connectivity index (χ0) is 14.5. The number of ether oxygens (including phenoxy) is 1. The van der Waals surface area contributed by atoms with Crippen LogP contribution >= 0.6 is 0 Å². The maximum absolute atomic E-state index is 10.8. The van der Waals surface area contributed by atoms with Crippen LogP contribution in [0.4, 0.5) is 5.69 Å². The van der Waals surface area contributed by atoms with Crippen molar-refractivity contribution in [2.75, 3.05) is 13.2 Å². The highest BCUT2D eigenvalue weighted by molar-refractivity contribution is 5.45. The van der Waals surface area contributed by atoms with Gasteiger partial charge in [-0.25, -0.2) is 0 Å². The smallest absolute Gasteiger partial charge is 0.310 e. The van der Waals surface area contributed by atoms with E-state index in [4.69, 9.17) is 4.74 Å². The molecule has 5 nitrogen and oxygen atoms in total. The van der Waals surface area contributed by atoms with Crippen molar-refractivity contribution in [3.05, 3.63) is 34.4 Å². The lowest BCUT2D eigenvalue weighted by Crippen LogP contribution is -2.39. The minimum atomic E-state index is -0.423. The Bertz CT molecular complexity index is 427. The van der Waals surface area contributed by atoms with Gasteiger partial charge >= 0.3 is 5.69 Å². The number of benzene rings is 1.